The van der Waals surface area contributed by atoms with E-state index in [1.807, 2.05) is 6.07 Å². The van der Waals surface area contributed by atoms with E-state index in [-0.39, 0.29) is 5.56 Å². The lowest BCUT2D eigenvalue weighted by atomic mass is 9.85. The molecule has 0 bridgehead atoms. The summed E-state index contributed by atoms with van der Waals surface area (Å²) in [5, 5.41) is 3.62. The summed E-state index contributed by atoms with van der Waals surface area (Å²) in [6.07, 6.45) is 6.75. The molecule has 6 nitrogen and oxygen atoms in total. The van der Waals surface area contributed by atoms with Crippen molar-refractivity contribution in [3.63, 3.8) is 0 Å². The zero-order chi connectivity index (χ0) is 16.7. The van der Waals surface area contributed by atoms with Gasteiger partial charge in [-0.15, -0.1) is 0 Å². The third kappa shape index (κ3) is 2.38. The predicted molar refractivity (Wildman–Crippen MR) is 92.1 cm³/mol. The van der Waals surface area contributed by atoms with Gasteiger partial charge in [-0.3, -0.25) is 14.7 Å². The van der Waals surface area contributed by atoms with Crippen molar-refractivity contribution in [2.45, 2.75) is 38.5 Å². The highest BCUT2D eigenvalue weighted by Gasteiger charge is 2.23. The maximum absolute atomic E-state index is 12.7. The fourth-order valence-electron chi connectivity index (χ4n) is 3.82. The van der Waals surface area contributed by atoms with Crippen LogP contribution in [0, 0.1) is 5.92 Å². The Labute approximate surface area is 138 Å². The largest absolute Gasteiger partial charge is 0.365 e. The molecule has 4 rings (SSSR count). The Morgan fingerprint density at radius 1 is 1.25 bits per heavy atom. The van der Waals surface area contributed by atoms with E-state index in [9.17, 15) is 9.59 Å². The van der Waals surface area contributed by atoms with Crippen LogP contribution in [0.2, 0.25) is 0 Å². The first kappa shape index (κ1) is 14.9. The predicted octanol–water partition coefficient (Wildman–Crippen LogP) is 2.40. The summed E-state index contributed by atoms with van der Waals surface area (Å²) in [6, 6.07) is 7.14. The summed E-state index contributed by atoms with van der Waals surface area (Å²) >= 11 is 0. The zero-order valence-electron chi connectivity index (χ0n) is 13.4. The van der Waals surface area contributed by atoms with Crippen LogP contribution in [0.3, 0.4) is 0 Å². The molecule has 0 spiro atoms. The van der Waals surface area contributed by atoms with Crippen molar-refractivity contribution >= 4 is 22.5 Å². The Morgan fingerprint density at radius 3 is 2.75 bits per heavy atom. The van der Waals surface area contributed by atoms with Crippen LogP contribution in [0.4, 0.5) is 0 Å². The van der Waals surface area contributed by atoms with Gasteiger partial charge in [0.05, 0.1) is 10.9 Å². The minimum atomic E-state index is -0.540. The van der Waals surface area contributed by atoms with E-state index in [1.165, 1.54) is 23.8 Å². The third-order valence-electron chi connectivity index (χ3n) is 5.01. The number of nitrogens with zero attached hydrogens (tertiary/aromatic N) is 2. The molecule has 124 valence electrons. The monoisotopic (exact) mass is 324 g/mol. The summed E-state index contributed by atoms with van der Waals surface area (Å²) < 4.78 is 1.36. The number of nitrogens with one attached hydrogen (secondary N) is 1. The molecule has 1 aliphatic carbocycles. The van der Waals surface area contributed by atoms with Gasteiger partial charge in [0.1, 0.15) is 5.56 Å². The molecule has 2 aromatic heterocycles. The first-order valence-electron chi connectivity index (χ1n) is 8.47. The molecule has 1 aromatic carbocycles. The molecule has 1 fully saturated rings. The van der Waals surface area contributed by atoms with E-state index in [0.29, 0.717) is 28.0 Å². The van der Waals surface area contributed by atoms with Crippen molar-refractivity contribution in [2.75, 3.05) is 0 Å². The van der Waals surface area contributed by atoms with Crippen molar-refractivity contribution in [2.24, 2.45) is 11.7 Å². The molecule has 0 unspecified atom stereocenters. The van der Waals surface area contributed by atoms with Gasteiger partial charge in [0.25, 0.3) is 11.5 Å². The molecular weight excluding hydrogens is 304 g/mol. The van der Waals surface area contributed by atoms with Crippen LogP contribution in [-0.2, 0) is 6.42 Å². The molecule has 0 aliphatic heterocycles. The van der Waals surface area contributed by atoms with Gasteiger partial charge >= 0.3 is 0 Å². The number of nitrogens with two attached hydrogens (primary N) is 1. The molecule has 1 saturated carbocycles. The molecule has 2 heterocycles. The number of hydrogen-bond donors (Lipinski definition) is 2. The Hall–Kier alpha value is -2.63. The van der Waals surface area contributed by atoms with Gasteiger partial charge < -0.3 is 5.73 Å². The fraction of sp³-hybridized carbons (Fsp3) is 0.389. The second-order valence-corrected chi connectivity index (χ2v) is 6.63. The Kier molecular flexibility index (Phi) is 3.59. The minimum absolute atomic E-state index is 0.201. The van der Waals surface area contributed by atoms with Crippen LogP contribution >= 0.6 is 0 Å². The topological polar surface area (TPSA) is 93.3 Å². The third-order valence-corrected chi connectivity index (χ3v) is 5.01. The van der Waals surface area contributed by atoms with Gasteiger partial charge in [-0.05, 0) is 24.5 Å². The average molecular weight is 324 g/mol. The lowest BCUT2D eigenvalue weighted by molar-refractivity contribution is 0.100. The highest BCUT2D eigenvalue weighted by Crippen LogP contribution is 2.28. The van der Waals surface area contributed by atoms with Crippen LogP contribution in [0.1, 0.15) is 48.2 Å². The number of primary amides is 1. The molecule has 3 aromatic rings. The van der Waals surface area contributed by atoms with E-state index in [1.54, 1.807) is 18.2 Å². The lowest BCUT2D eigenvalue weighted by Gasteiger charge is -2.20. The van der Waals surface area contributed by atoms with Crippen molar-refractivity contribution < 1.29 is 4.79 Å². The smallest absolute Gasteiger partial charge is 0.280 e. The zero-order valence-corrected chi connectivity index (χ0v) is 13.4. The summed E-state index contributed by atoms with van der Waals surface area (Å²) in [4.78, 5) is 29.2. The number of benzene rings is 1. The van der Waals surface area contributed by atoms with Gasteiger partial charge in [-0.2, -0.15) is 0 Å². The fourth-order valence-corrected chi connectivity index (χ4v) is 3.82. The molecule has 24 heavy (non-hydrogen) atoms. The molecule has 3 N–H and O–H groups in total. The van der Waals surface area contributed by atoms with Gasteiger partial charge in [-0.25, -0.2) is 9.50 Å². The second-order valence-electron chi connectivity index (χ2n) is 6.63. The first-order valence-corrected chi connectivity index (χ1v) is 8.47. The summed E-state index contributed by atoms with van der Waals surface area (Å²) in [5.74, 6) is -0.0169. The molecule has 0 saturated heterocycles. The van der Waals surface area contributed by atoms with Gasteiger partial charge in [0, 0.05) is 5.69 Å². The normalized spacial score (nSPS) is 16.0. The summed E-state index contributed by atoms with van der Waals surface area (Å²) in [5.41, 5.74) is 7.40. The molecule has 1 amide bonds. The molecule has 0 atom stereocenters. The van der Waals surface area contributed by atoms with Crippen molar-refractivity contribution in [1.29, 1.82) is 0 Å². The number of carbonyl (C=O) groups is 1. The highest BCUT2D eigenvalue weighted by atomic mass is 16.1. The number of amides is 1. The van der Waals surface area contributed by atoms with Crippen molar-refractivity contribution in [3.8, 4) is 0 Å². The minimum Gasteiger partial charge on any atom is -0.365 e. The van der Waals surface area contributed by atoms with Crippen LogP contribution < -0.4 is 11.3 Å². The summed E-state index contributed by atoms with van der Waals surface area (Å²) in [6.45, 7) is 0. The van der Waals surface area contributed by atoms with Crippen LogP contribution in [0.5, 0.6) is 0 Å². The average Bonchev–Trinajstić information content (AvgIpc) is 2.94. The molecule has 6 heteroatoms. The molecular formula is C18H20N4O2. The molecule has 1 aliphatic rings. The SMILES string of the molecule is NC(=O)c1c(CC2CCCCC2)[nH]n2c(=O)c3ccccc3nc12. The number of hydrogen-bond acceptors (Lipinski definition) is 3. The quantitative estimate of drug-likeness (QED) is 0.774. The Balaban J connectivity index is 1.91. The molecule has 0 radical (unpaired) electrons. The van der Waals surface area contributed by atoms with Crippen LogP contribution in [0.25, 0.3) is 16.6 Å². The van der Waals surface area contributed by atoms with Crippen LogP contribution in [-0.4, -0.2) is 20.5 Å². The standard InChI is InChI=1S/C18H20N4O2/c19-16(23)15-14(10-11-6-2-1-3-7-11)21-22-17(15)20-13-9-5-4-8-12(13)18(22)24/h4-5,8-9,11,21H,1-3,6-7,10H2,(H2,19,23). The van der Waals surface area contributed by atoms with Gasteiger partial charge in [0.2, 0.25) is 0 Å². The number of fused-ring (bicyclic) bond motifs is 2. The van der Waals surface area contributed by atoms with Crippen molar-refractivity contribution in [1.82, 2.24) is 14.6 Å². The van der Waals surface area contributed by atoms with E-state index in [0.717, 1.165) is 25.0 Å². The van der Waals surface area contributed by atoms with E-state index >= 15 is 0 Å². The maximum Gasteiger partial charge on any atom is 0.280 e. The number of aromatic amines is 1. The maximum atomic E-state index is 12.7. The van der Waals surface area contributed by atoms with Gasteiger partial charge in [0.15, 0.2) is 5.65 Å². The lowest BCUT2D eigenvalue weighted by Crippen LogP contribution is -2.17. The van der Waals surface area contributed by atoms with Gasteiger partial charge in [-0.1, -0.05) is 44.2 Å². The number of rotatable bonds is 3. The first-order chi connectivity index (χ1) is 11.6. The number of para-hydroxylation sites is 1. The highest BCUT2D eigenvalue weighted by molar-refractivity contribution is 6.00. The second kappa shape index (κ2) is 5.78. The summed E-state index contributed by atoms with van der Waals surface area (Å²) in [7, 11) is 0. The number of carbonyl (C=O) groups excluding carboxylic acids is 1. The van der Waals surface area contributed by atoms with E-state index in [2.05, 4.69) is 10.1 Å². The van der Waals surface area contributed by atoms with Crippen molar-refractivity contribution in [3.05, 3.63) is 45.9 Å². The Morgan fingerprint density at radius 2 is 2.00 bits per heavy atom. The number of H-pyrrole nitrogens is 1. The Bertz CT molecular complexity index is 980. The van der Waals surface area contributed by atoms with Crippen LogP contribution in [0.15, 0.2) is 29.1 Å². The van der Waals surface area contributed by atoms with E-state index < -0.39 is 5.91 Å². The number of aromatic nitrogens is 3. The van der Waals surface area contributed by atoms with E-state index in [4.69, 9.17) is 5.73 Å².